The third kappa shape index (κ3) is 4.38. The molecule has 1 aliphatic rings. The van der Waals surface area contributed by atoms with Crippen LogP contribution in [0.5, 0.6) is 0 Å². The van der Waals surface area contributed by atoms with Gasteiger partial charge in [-0.2, -0.15) is 0 Å². The van der Waals surface area contributed by atoms with Crippen LogP contribution in [0.2, 0.25) is 0 Å². The molecule has 8 heteroatoms. The molecule has 0 atom stereocenters. The number of piperidine rings is 1. The van der Waals surface area contributed by atoms with E-state index in [0.29, 0.717) is 11.3 Å². The molecular formula is C23H26N2O6. The van der Waals surface area contributed by atoms with Gasteiger partial charge in [-0.05, 0) is 50.8 Å². The van der Waals surface area contributed by atoms with Crippen molar-refractivity contribution in [1.29, 1.82) is 0 Å². The second kappa shape index (κ2) is 9.59. The first-order chi connectivity index (χ1) is 14.9. The standard InChI is InChI=1S/C23H26N2O6/c1-4-31-23(27)19-15(2)14-18(24-12-8-5-9-13-24)21(22(26)30-3)20(19)16-10-6-7-11-17(16)25(28)29/h6-7,10-11,14H,4-5,8-9,12-13H2,1-3H3. The van der Waals surface area contributed by atoms with Crippen molar-refractivity contribution in [3.8, 4) is 11.1 Å². The Morgan fingerprint density at radius 1 is 1.10 bits per heavy atom. The second-order valence-electron chi connectivity index (χ2n) is 7.37. The number of esters is 2. The van der Waals surface area contributed by atoms with Crippen LogP contribution in [0.3, 0.4) is 0 Å². The van der Waals surface area contributed by atoms with Gasteiger partial charge in [-0.15, -0.1) is 0 Å². The summed E-state index contributed by atoms with van der Waals surface area (Å²) in [6.45, 7) is 5.06. The molecule has 1 heterocycles. The molecule has 0 saturated carbocycles. The Balaban J connectivity index is 2.43. The Labute approximate surface area is 180 Å². The lowest BCUT2D eigenvalue weighted by atomic mass is 9.88. The number of anilines is 1. The van der Waals surface area contributed by atoms with Gasteiger partial charge >= 0.3 is 11.9 Å². The largest absolute Gasteiger partial charge is 0.465 e. The molecule has 2 aromatic rings. The van der Waals surface area contributed by atoms with Crippen molar-refractivity contribution < 1.29 is 24.0 Å². The molecule has 0 spiro atoms. The summed E-state index contributed by atoms with van der Waals surface area (Å²) in [5.74, 6) is -1.29. The van der Waals surface area contributed by atoms with Gasteiger partial charge in [-0.1, -0.05) is 12.1 Å². The summed E-state index contributed by atoms with van der Waals surface area (Å²) in [7, 11) is 1.26. The van der Waals surface area contributed by atoms with Crippen LogP contribution < -0.4 is 4.90 Å². The van der Waals surface area contributed by atoms with Crippen molar-refractivity contribution in [2.45, 2.75) is 33.1 Å². The number of carbonyl (C=O) groups is 2. The van der Waals surface area contributed by atoms with Gasteiger partial charge in [0.25, 0.3) is 5.69 Å². The topological polar surface area (TPSA) is 99.0 Å². The highest BCUT2D eigenvalue weighted by Gasteiger charge is 2.32. The zero-order valence-corrected chi connectivity index (χ0v) is 18.0. The second-order valence-corrected chi connectivity index (χ2v) is 7.37. The first kappa shape index (κ1) is 22.3. The van der Waals surface area contributed by atoms with E-state index >= 15 is 0 Å². The molecule has 164 valence electrons. The first-order valence-corrected chi connectivity index (χ1v) is 10.3. The van der Waals surface area contributed by atoms with E-state index in [-0.39, 0.29) is 34.5 Å². The third-order valence-corrected chi connectivity index (χ3v) is 5.44. The number of nitro groups is 1. The number of para-hydroxylation sites is 1. The Hall–Kier alpha value is -3.42. The SMILES string of the molecule is CCOC(=O)c1c(C)cc(N2CCCCC2)c(C(=O)OC)c1-c1ccccc1[N+](=O)[O-]. The molecule has 0 bridgehead atoms. The number of nitrogens with zero attached hydrogens (tertiary/aromatic N) is 2. The Bertz CT molecular complexity index is 1010. The number of rotatable bonds is 6. The first-order valence-electron chi connectivity index (χ1n) is 10.3. The predicted molar refractivity (Wildman–Crippen MR) is 117 cm³/mol. The Morgan fingerprint density at radius 2 is 1.77 bits per heavy atom. The van der Waals surface area contributed by atoms with Gasteiger partial charge in [0, 0.05) is 24.7 Å². The van der Waals surface area contributed by atoms with Crippen molar-refractivity contribution in [2.75, 3.05) is 31.7 Å². The van der Waals surface area contributed by atoms with E-state index in [1.807, 2.05) is 0 Å². The molecule has 1 saturated heterocycles. The molecule has 0 unspecified atom stereocenters. The lowest BCUT2D eigenvalue weighted by Gasteiger charge is -2.32. The zero-order valence-electron chi connectivity index (χ0n) is 18.0. The molecule has 0 aliphatic carbocycles. The number of aryl methyl sites for hydroxylation is 1. The van der Waals surface area contributed by atoms with Gasteiger partial charge in [0.2, 0.25) is 0 Å². The van der Waals surface area contributed by atoms with E-state index in [9.17, 15) is 19.7 Å². The molecule has 1 aliphatic heterocycles. The van der Waals surface area contributed by atoms with Crippen molar-refractivity contribution in [3.63, 3.8) is 0 Å². The summed E-state index contributed by atoms with van der Waals surface area (Å²) >= 11 is 0. The summed E-state index contributed by atoms with van der Waals surface area (Å²) < 4.78 is 10.3. The number of hydrogen-bond acceptors (Lipinski definition) is 7. The number of benzene rings is 2. The fourth-order valence-electron chi connectivity index (χ4n) is 4.07. The Morgan fingerprint density at radius 3 is 2.39 bits per heavy atom. The number of ether oxygens (including phenoxy) is 2. The average Bonchev–Trinajstić information content (AvgIpc) is 2.78. The van der Waals surface area contributed by atoms with Crippen LogP contribution in [-0.2, 0) is 9.47 Å². The summed E-state index contributed by atoms with van der Waals surface area (Å²) in [5, 5.41) is 11.8. The number of nitro benzene ring substituents is 1. The van der Waals surface area contributed by atoms with Crippen LogP contribution in [0.15, 0.2) is 30.3 Å². The van der Waals surface area contributed by atoms with Crippen LogP contribution in [0.1, 0.15) is 52.5 Å². The predicted octanol–water partition coefficient (Wildman–Crippen LogP) is 4.52. The van der Waals surface area contributed by atoms with Gasteiger partial charge in [-0.3, -0.25) is 10.1 Å². The van der Waals surface area contributed by atoms with Crippen molar-refractivity contribution in [3.05, 3.63) is 57.1 Å². The molecule has 3 rings (SSSR count). The highest BCUT2D eigenvalue weighted by Crippen LogP contribution is 2.42. The third-order valence-electron chi connectivity index (χ3n) is 5.44. The average molecular weight is 426 g/mol. The minimum absolute atomic E-state index is 0.135. The molecular weight excluding hydrogens is 400 g/mol. The maximum Gasteiger partial charge on any atom is 0.340 e. The van der Waals surface area contributed by atoms with Gasteiger partial charge < -0.3 is 14.4 Å². The Kier molecular flexibility index (Phi) is 6.89. The maximum atomic E-state index is 13.0. The van der Waals surface area contributed by atoms with E-state index in [1.165, 1.54) is 13.2 Å². The summed E-state index contributed by atoms with van der Waals surface area (Å²) in [5.41, 5.74) is 1.64. The zero-order chi connectivity index (χ0) is 22.5. The van der Waals surface area contributed by atoms with Gasteiger partial charge in [0.15, 0.2) is 0 Å². The van der Waals surface area contributed by atoms with Gasteiger partial charge in [0.05, 0.1) is 41.0 Å². The summed E-state index contributed by atoms with van der Waals surface area (Å²) in [6, 6.07) is 7.87. The fraction of sp³-hybridized carbons (Fsp3) is 0.391. The maximum absolute atomic E-state index is 13.0. The van der Waals surface area contributed by atoms with Gasteiger partial charge in [0.1, 0.15) is 0 Å². The van der Waals surface area contributed by atoms with E-state index in [2.05, 4.69) is 4.90 Å². The smallest absolute Gasteiger partial charge is 0.340 e. The van der Waals surface area contributed by atoms with Crippen LogP contribution >= 0.6 is 0 Å². The van der Waals surface area contributed by atoms with E-state index in [0.717, 1.165) is 32.4 Å². The van der Waals surface area contributed by atoms with E-state index < -0.39 is 16.9 Å². The van der Waals surface area contributed by atoms with Crippen LogP contribution in [0.4, 0.5) is 11.4 Å². The molecule has 1 fully saturated rings. The number of methoxy groups -OCH3 is 1. The molecule has 0 aromatic heterocycles. The highest BCUT2D eigenvalue weighted by molar-refractivity contribution is 6.11. The quantitative estimate of drug-likeness (QED) is 0.380. The monoisotopic (exact) mass is 426 g/mol. The number of hydrogen-bond donors (Lipinski definition) is 0. The normalized spacial score (nSPS) is 13.6. The minimum atomic E-state index is -0.653. The highest BCUT2D eigenvalue weighted by atomic mass is 16.6. The molecule has 0 radical (unpaired) electrons. The van der Waals surface area contributed by atoms with Crippen molar-refractivity contribution >= 4 is 23.3 Å². The summed E-state index contributed by atoms with van der Waals surface area (Å²) in [4.78, 5) is 39.3. The molecule has 0 N–H and O–H groups in total. The molecule has 0 amide bonds. The molecule has 2 aromatic carbocycles. The lowest BCUT2D eigenvalue weighted by Crippen LogP contribution is -2.31. The fourth-order valence-corrected chi connectivity index (χ4v) is 4.07. The number of carbonyl (C=O) groups excluding carboxylic acids is 2. The van der Waals surface area contributed by atoms with Crippen LogP contribution in [-0.4, -0.2) is 43.7 Å². The van der Waals surface area contributed by atoms with E-state index in [1.54, 1.807) is 38.1 Å². The molecule has 31 heavy (non-hydrogen) atoms. The lowest BCUT2D eigenvalue weighted by molar-refractivity contribution is -0.384. The summed E-state index contributed by atoms with van der Waals surface area (Å²) in [6.07, 6.45) is 3.04. The molecule has 8 nitrogen and oxygen atoms in total. The minimum Gasteiger partial charge on any atom is -0.465 e. The van der Waals surface area contributed by atoms with Crippen LogP contribution in [0.25, 0.3) is 11.1 Å². The van der Waals surface area contributed by atoms with Crippen molar-refractivity contribution in [2.24, 2.45) is 0 Å². The van der Waals surface area contributed by atoms with Gasteiger partial charge in [-0.25, -0.2) is 9.59 Å². The van der Waals surface area contributed by atoms with Crippen LogP contribution in [0, 0.1) is 17.0 Å². The van der Waals surface area contributed by atoms with Crippen molar-refractivity contribution in [1.82, 2.24) is 0 Å². The van der Waals surface area contributed by atoms with E-state index in [4.69, 9.17) is 9.47 Å².